The normalized spacial score (nSPS) is 13.2. The van der Waals surface area contributed by atoms with E-state index in [1.165, 1.54) is 6.07 Å². The number of carbonyl (C=O) groups is 2. The molecule has 0 saturated heterocycles. The van der Waals surface area contributed by atoms with Gasteiger partial charge >= 0.3 is 12.1 Å². The van der Waals surface area contributed by atoms with E-state index < -0.39 is 11.7 Å². The van der Waals surface area contributed by atoms with Crippen LogP contribution in [-0.4, -0.2) is 35.2 Å². The number of halogens is 1. The van der Waals surface area contributed by atoms with E-state index in [0.29, 0.717) is 24.3 Å². The van der Waals surface area contributed by atoms with Gasteiger partial charge in [0.1, 0.15) is 23.8 Å². The van der Waals surface area contributed by atoms with Gasteiger partial charge in [-0.05, 0) is 81.0 Å². The molecule has 4 rings (SSSR count). The van der Waals surface area contributed by atoms with Crippen molar-refractivity contribution in [2.24, 2.45) is 0 Å². The van der Waals surface area contributed by atoms with Crippen LogP contribution in [0.3, 0.4) is 0 Å². The summed E-state index contributed by atoms with van der Waals surface area (Å²) in [5.74, 6) is -0.0304. The van der Waals surface area contributed by atoms with Crippen molar-refractivity contribution >= 4 is 12.1 Å². The molecule has 0 bridgehead atoms. The molecule has 39 heavy (non-hydrogen) atoms. The number of rotatable bonds is 7. The lowest BCUT2D eigenvalue weighted by Crippen LogP contribution is -2.37. The Balaban J connectivity index is 1.61. The molecule has 7 heteroatoms. The molecule has 0 aliphatic carbocycles. The zero-order valence-electron chi connectivity index (χ0n) is 23.3. The van der Waals surface area contributed by atoms with Gasteiger partial charge in [-0.3, -0.25) is 4.79 Å². The third-order valence-electron chi connectivity index (χ3n) is 6.29. The number of fused-ring (bicyclic) bond motifs is 1. The van der Waals surface area contributed by atoms with Gasteiger partial charge in [0, 0.05) is 18.7 Å². The highest BCUT2D eigenvalue weighted by atomic mass is 19.1. The second-order valence-electron chi connectivity index (χ2n) is 11.0. The van der Waals surface area contributed by atoms with Crippen molar-refractivity contribution in [3.63, 3.8) is 0 Å². The number of esters is 1. The summed E-state index contributed by atoms with van der Waals surface area (Å²) in [5, 5.41) is 0. The summed E-state index contributed by atoms with van der Waals surface area (Å²) in [7, 11) is 0. The second-order valence-corrected chi connectivity index (χ2v) is 11.0. The Bertz CT molecular complexity index is 1330. The van der Waals surface area contributed by atoms with Crippen LogP contribution in [0, 0.1) is 5.82 Å². The molecule has 6 nitrogen and oxygen atoms in total. The van der Waals surface area contributed by atoms with Crippen molar-refractivity contribution in [2.45, 2.75) is 72.3 Å². The monoisotopic (exact) mass is 533 g/mol. The van der Waals surface area contributed by atoms with E-state index >= 15 is 0 Å². The number of ether oxygens (including phenoxy) is 3. The minimum atomic E-state index is -0.574. The van der Waals surface area contributed by atoms with E-state index in [1.807, 2.05) is 83.1 Å². The van der Waals surface area contributed by atoms with Gasteiger partial charge in [-0.2, -0.15) is 0 Å². The molecule has 0 atom stereocenters. The van der Waals surface area contributed by atoms with E-state index in [9.17, 15) is 14.0 Å². The number of amides is 1. The van der Waals surface area contributed by atoms with E-state index in [-0.39, 0.29) is 37.5 Å². The topological polar surface area (TPSA) is 65.1 Å². The molecule has 0 aromatic heterocycles. The van der Waals surface area contributed by atoms with E-state index in [2.05, 4.69) is 0 Å². The van der Waals surface area contributed by atoms with Crippen molar-refractivity contribution in [3.05, 3.63) is 88.7 Å². The van der Waals surface area contributed by atoms with Crippen LogP contribution >= 0.6 is 0 Å². The first-order valence-electron chi connectivity index (χ1n) is 13.3. The van der Waals surface area contributed by atoms with E-state index in [1.54, 1.807) is 11.0 Å². The van der Waals surface area contributed by atoms with Crippen LogP contribution in [-0.2, 0) is 40.3 Å². The first-order valence-corrected chi connectivity index (χ1v) is 13.3. The van der Waals surface area contributed by atoms with Gasteiger partial charge in [-0.15, -0.1) is 0 Å². The first-order chi connectivity index (χ1) is 18.5. The van der Waals surface area contributed by atoms with Crippen LogP contribution in [0.4, 0.5) is 9.18 Å². The summed E-state index contributed by atoms with van der Waals surface area (Å²) in [6.45, 7) is 10.1. The maximum Gasteiger partial charge on any atom is 0.410 e. The fourth-order valence-corrected chi connectivity index (χ4v) is 4.65. The maximum absolute atomic E-state index is 14.9. The minimum absolute atomic E-state index is 0.106. The summed E-state index contributed by atoms with van der Waals surface area (Å²) < 4.78 is 32.1. The number of hydrogen-bond acceptors (Lipinski definition) is 5. The Morgan fingerprint density at radius 3 is 2.36 bits per heavy atom. The number of hydrogen-bond donors (Lipinski definition) is 0. The summed E-state index contributed by atoms with van der Waals surface area (Å²) in [4.78, 5) is 27.0. The summed E-state index contributed by atoms with van der Waals surface area (Å²) in [6.07, 6.45) is -0.0754. The van der Waals surface area contributed by atoms with Crippen LogP contribution in [0.5, 0.6) is 5.75 Å². The second kappa shape index (κ2) is 11.9. The van der Waals surface area contributed by atoms with Crippen molar-refractivity contribution in [2.75, 3.05) is 6.54 Å². The number of benzene rings is 3. The maximum atomic E-state index is 14.9. The average Bonchev–Trinajstić information content (AvgIpc) is 2.87. The van der Waals surface area contributed by atoms with Crippen molar-refractivity contribution in [1.29, 1.82) is 0 Å². The Labute approximate surface area is 229 Å². The lowest BCUT2D eigenvalue weighted by molar-refractivity contribution is -0.153. The van der Waals surface area contributed by atoms with Gasteiger partial charge < -0.3 is 19.1 Å². The predicted octanol–water partition coefficient (Wildman–Crippen LogP) is 6.86. The molecular weight excluding hydrogens is 497 g/mol. The highest BCUT2D eigenvalue weighted by molar-refractivity contribution is 5.78. The molecule has 206 valence electrons. The third-order valence-corrected chi connectivity index (χ3v) is 6.29. The van der Waals surface area contributed by atoms with Crippen molar-refractivity contribution in [1.82, 2.24) is 4.90 Å². The van der Waals surface area contributed by atoms with Gasteiger partial charge in [0.2, 0.25) is 0 Å². The Morgan fingerprint density at radius 1 is 0.949 bits per heavy atom. The molecule has 0 radical (unpaired) electrons. The molecule has 3 aromatic carbocycles. The molecule has 0 unspecified atom stereocenters. The molecule has 1 aliphatic heterocycles. The summed E-state index contributed by atoms with van der Waals surface area (Å²) in [5.41, 5.74) is 3.95. The lowest BCUT2D eigenvalue weighted by Gasteiger charge is -2.30. The van der Waals surface area contributed by atoms with Gasteiger partial charge in [0.15, 0.2) is 0 Å². The summed E-state index contributed by atoms with van der Waals surface area (Å²) >= 11 is 0. The van der Waals surface area contributed by atoms with Crippen LogP contribution < -0.4 is 4.74 Å². The molecule has 3 aromatic rings. The van der Waals surface area contributed by atoms with Crippen molar-refractivity contribution in [3.8, 4) is 16.9 Å². The van der Waals surface area contributed by atoms with E-state index in [0.717, 1.165) is 27.8 Å². The number of carbonyl (C=O) groups excluding carboxylic acids is 2. The Morgan fingerprint density at radius 2 is 1.67 bits per heavy atom. The standard InChI is InChI=1S/C32H36FNO5/c1-21(2)38-29-17-23(18-30(35)39-32(3,4)5)11-12-26(29)24-13-14-28(33)25-15-16-34(19-27(24)25)31(36)37-20-22-9-7-6-8-10-22/h6-14,17,21H,15-16,18-20H2,1-5H3. The van der Waals surface area contributed by atoms with Crippen molar-refractivity contribution < 1.29 is 28.2 Å². The lowest BCUT2D eigenvalue weighted by atomic mass is 9.90. The zero-order chi connectivity index (χ0) is 28.2. The molecule has 1 heterocycles. The van der Waals surface area contributed by atoms with E-state index in [4.69, 9.17) is 14.2 Å². The SMILES string of the molecule is CC(C)Oc1cc(CC(=O)OC(C)(C)C)ccc1-c1ccc(F)c2c1CN(C(=O)OCc1ccccc1)CC2. The molecule has 1 amide bonds. The highest BCUT2D eigenvalue weighted by Crippen LogP contribution is 2.38. The summed E-state index contributed by atoms with van der Waals surface area (Å²) in [6, 6.07) is 18.3. The van der Waals surface area contributed by atoms with Gasteiger partial charge in [0.05, 0.1) is 12.5 Å². The van der Waals surface area contributed by atoms with Gasteiger partial charge in [-0.25, -0.2) is 9.18 Å². The molecular formula is C32H36FNO5. The highest BCUT2D eigenvalue weighted by Gasteiger charge is 2.28. The minimum Gasteiger partial charge on any atom is -0.490 e. The van der Waals surface area contributed by atoms with Crippen LogP contribution in [0.25, 0.3) is 11.1 Å². The molecule has 0 fully saturated rings. The Kier molecular flexibility index (Phi) is 8.58. The van der Waals surface area contributed by atoms with Crippen LogP contribution in [0.2, 0.25) is 0 Å². The fourth-order valence-electron chi connectivity index (χ4n) is 4.65. The van der Waals surface area contributed by atoms with Crippen LogP contribution in [0.1, 0.15) is 56.9 Å². The Hall–Kier alpha value is -3.87. The predicted molar refractivity (Wildman–Crippen MR) is 148 cm³/mol. The van der Waals surface area contributed by atoms with Crippen LogP contribution in [0.15, 0.2) is 60.7 Å². The zero-order valence-corrected chi connectivity index (χ0v) is 23.3. The first kappa shape index (κ1) is 28.1. The molecule has 0 N–H and O–H groups in total. The fraction of sp³-hybridized carbons (Fsp3) is 0.375. The number of nitrogens with zero attached hydrogens (tertiary/aromatic N) is 1. The average molecular weight is 534 g/mol. The van der Waals surface area contributed by atoms with Gasteiger partial charge in [-0.1, -0.05) is 48.5 Å². The molecule has 0 spiro atoms. The largest absolute Gasteiger partial charge is 0.490 e. The third kappa shape index (κ3) is 7.37. The van der Waals surface area contributed by atoms with Gasteiger partial charge in [0.25, 0.3) is 0 Å². The quantitative estimate of drug-likeness (QED) is 0.311. The molecule has 0 saturated carbocycles. The smallest absolute Gasteiger partial charge is 0.410 e. The molecule has 1 aliphatic rings.